The second-order valence-electron chi connectivity index (χ2n) is 8.83. The van der Waals surface area contributed by atoms with Crippen molar-refractivity contribution in [3.63, 3.8) is 0 Å². The zero-order valence-electron chi connectivity index (χ0n) is 17.1. The van der Waals surface area contributed by atoms with Crippen molar-refractivity contribution in [3.8, 4) is 5.75 Å². The molecule has 0 amide bonds. The van der Waals surface area contributed by atoms with Gasteiger partial charge < -0.3 is 15.2 Å². The van der Waals surface area contributed by atoms with Gasteiger partial charge in [0.05, 0.1) is 23.7 Å². The number of hydrogen-bond donors (Lipinski definition) is 2. The van der Waals surface area contributed by atoms with Gasteiger partial charge in [0.2, 0.25) is 0 Å². The second-order valence-corrected chi connectivity index (χ2v) is 8.83. The van der Waals surface area contributed by atoms with Crippen molar-refractivity contribution in [2.45, 2.75) is 65.5 Å². The third-order valence-corrected chi connectivity index (χ3v) is 5.63. The molecule has 2 N–H and O–H groups in total. The summed E-state index contributed by atoms with van der Waals surface area (Å²) in [4.78, 5) is 10.5. The molecule has 0 unspecified atom stereocenters. The molecular weight excluding hydrogens is 354 g/mol. The molecule has 2 aromatic rings. The minimum Gasteiger partial charge on any atom is -0.490 e. The molecule has 1 fully saturated rings. The van der Waals surface area contributed by atoms with E-state index >= 15 is 0 Å². The van der Waals surface area contributed by atoms with E-state index in [0.717, 1.165) is 41.1 Å². The van der Waals surface area contributed by atoms with Crippen molar-refractivity contribution < 1.29 is 14.6 Å². The van der Waals surface area contributed by atoms with E-state index < -0.39 is 5.97 Å². The Morgan fingerprint density at radius 1 is 1.18 bits per heavy atom. The largest absolute Gasteiger partial charge is 0.490 e. The first-order chi connectivity index (χ1) is 13.3. The van der Waals surface area contributed by atoms with E-state index in [1.54, 1.807) is 0 Å². The molecule has 3 rings (SSSR count). The van der Waals surface area contributed by atoms with Gasteiger partial charge in [-0.15, -0.1) is 0 Å². The number of rotatable bonds is 7. The number of aromatic nitrogens is 2. The second kappa shape index (κ2) is 8.86. The Morgan fingerprint density at radius 3 is 2.61 bits per heavy atom. The van der Waals surface area contributed by atoms with Gasteiger partial charge in [-0.3, -0.25) is 4.79 Å². The van der Waals surface area contributed by atoms with Crippen LogP contribution in [0.15, 0.2) is 24.3 Å². The van der Waals surface area contributed by atoms with Gasteiger partial charge in [-0.05, 0) is 55.2 Å². The minimum atomic E-state index is -0.809. The zero-order chi connectivity index (χ0) is 20.1. The lowest BCUT2D eigenvalue weighted by atomic mass is 9.72. The quantitative estimate of drug-likeness (QED) is 0.696. The fourth-order valence-electron chi connectivity index (χ4n) is 3.87. The molecule has 1 aromatic carbocycles. The summed E-state index contributed by atoms with van der Waals surface area (Å²) in [6.45, 7) is 7.91. The number of benzene rings is 1. The lowest BCUT2D eigenvalue weighted by Crippen LogP contribution is -2.30. The Bertz CT molecular complexity index is 808. The number of ether oxygens (including phenoxy) is 1. The van der Waals surface area contributed by atoms with E-state index in [9.17, 15) is 4.79 Å². The summed E-state index contributed by atoms with van der Waals surface area (Å²) in [6, 6.07) is 7.95. The van der Waals surface area contributed by atoms with Crippen molar-refractivity contribution in [1.82, 2.24) is 15.5 Å². The molecular formula is C22H31N3O3. The standard InChI is InChI=1S/C22H31N3O3/c1-22(2,3)16-5-8-18(9-6-16)28-19-7-4-15-12-17(24-25-20(15)13-19)14-23-11-10-21(26)27/h4,7,12-13,16,18,23H,5-6,8-11,14H2,1-3H3,(H,26,27)/t16-,18-. The molecule has 0 bridgehead atoms. The molecule has 6 heteroatoms. The van der Waals surface area contributed by atoms with Crippen molar-refractivity contribution in [3.05, 3.63) is 30.0 Å². The number of hydrogen-bond acceptors (Lipinski definition) is 5. The van der Waals surface area contributed by atoms with Crippen LogP contribution in [0.5, 0.6) is 5.75 Å². The lowest BCUT2D eigenvalue weighted by Gasteiger charge is -2.36. The maximum absolute atomic E-state index is 10.5. The summed E-state index contributed by atoms with van der Waals surface area (Å²) in [5.41, 5.74) is 1.99. The lowest BCUT2D eigenvalue weighted by molar-refractivity contribution is -0.136. The smallest absolute Gasteiger partial charge is 0.304 e. The molecule has 0 saturated heterocycles. The topological polar surface area (TPSA) is 84.3 Å². The summed E-state index contributed by atoms with van der Waals surface area (Å²) >= 11 is 0. The molecule has 1 heterocycles. The molecule has 0 atom stereocenters. The number of carboxylic acids is 1. The average molecular weight is 386 g/mol. The van der Waals surface area contributed by atoms with Gasteiger partial charge in [-0.25, -0.2) is 0 Å². The zero-order valence-corrected chi connectivity index (χ0v) is 17.1. The van der Waals surface area contributed by atoms with E-state index in [1.807, 2.05) is 24.3 Å². The molecule has 6 nitrogen and oxygen atoms in total. The first kappa shape index (κ1) is 20.5. The van der Waals surface area contributed by atoms with E-state index in [2.05, 4.69) is 36.3 Å². The van der Waals surface area contributed by atoms with Crippen LogP contribution in [-0.4, -0.2) is 33.9 Å². The normalized spacial score (nSPS) is 20.2. The van der Waals surface area contributed by atoms with Crippen LogP contribution < -0.4 is 10.1 Å². The third kappa shape index (κ3) is 5.64. The van der Waals surface area contributed by atoms with Crippen LogP contribution in [0.3, 0.4) is 0 Å². The van der Waals surface area contributed by atoms with E-state index in [4.69, 9.17) is 9.84 Å². The highest BCUT2D eigenvalue weighted by molar-refractivity contribution is 5.79. The Balaban J connectivity index is 1.56. The third-order valence-electron chi connectivity index (χ3n) is 5.63. The van der Waals surface area contributed by atoms with Gasteiger partial charge in [-0.1, -0.05) is 20.8 Å². The van der Waals surface area contributed by atoms with Crippen molar-refractivity contribution >= 4 is 16.9 Å². The predicted molar refractivity (Wildman–Crippen MR) is 109 cm³/mol. The number of nitrogens with zero attached hydrogens (tertiary/aromatic N) is 2. The monoisotopic (exact) mass is 385 g/mol. The highest BCUT2D eigenvalue weighted by atomic mass is 16.5. The van der Waals surface area contributed by atoms with E-state index in [0.29, 0.717) is 18.5 Å². The van der Waals surface area contributed by atoms with Gasteiger partial charge in [-0.2, -0.15) is 10.2 Å². The molecule has 1 aromatic heterocycles. The molecule has 1 aliphatic rings. The fourth-order valence-corrected chi connectivity index (χ4v) is 3.87. The number of nitrogens with one attached hydrogen (secondary N) is 1. The summed E-state index contributed by atoms with van der Waals surface area (Å²) in [7, 11) is 0. The molecule has 1 aliphatic carbocycles. The molecule has 1 saturated carbocycles. The fraction of sp³-hybridized carbons (Fsp3) is 0.591. The predicted octanol–water partition coefficient (Wildman–Crippen LogP) is 4.18. The van der Waals surface area contributed by atoms with Crippen LogP contribution in [0.4, 0.5) is 0 Å². The number of fused-ring (bicyclic) bond motifs is 1. The van der Waals surface area contributed by atoms with Gasteiger partial charge in [0.15, 0.2) is 0 Å². The molecule has 0 spiro atoms. The number of carboxylic acid groups (broad SMARTS) is 1. The van der Waals surface area contributed by atoms with Gasteiger partial charge >= 0.3 is 5.97 Å². The van der Waals surface area contributed by atoms with Crippen LogP contribution in [0.25, 0.3) is 10.9 Å². The van der Waals surface area contributed by atoms with E-state index in [-0.39, 0.29) is 12.5 Å². The number of carbonyl (C=O) groups is 1. The summed E-state index contributed by atoms with van der Waals surface area (Å²) in [5, 5.41) is 21.3. The maximum atomic E-state index is 10.5. The molecule has 28 heavy (non-hydrogen) atoms. The molecule has 152 valence electrons. The number of aliphatic carboxylic acids is 1. The minimum absolute atomic E-state index is 0.0966. The van der Waals surface area contributed by atoms with Crippen LogP contribution in [0, 0.1) is 11.3 Å². The van der Waals surface area contributed by atoms with Gasteiger partial charge in [0.25, 0.3) is 0 Å². The summed E-state index contributed by atoms with van der Waals surface area (Å²) in [5.74, 6) is 0.821. The van der Waals surface area contributed by atoms with Crippen molar-refractivity contribution in [1.29, 1.82) is 0 Å². The van der Waals surface area contributed by atoms with Crippen LogP contribution in [0.2, 0.25) is 0 Å². The van der Waals surface area contributed by atoms with E-state index in [1.165, 1.54) is 12.8 Å². The van der Waals surface area contributed by atoms with Crippen LogP contribution in [0.1, 0.15) is 58.6 Å². The van der Waals surface area contributed by atoms with Crippen LogP contribution in [-0.2, 0) is 11.3 Å². The summed E-state index contributed by atoms with van der Waals surface area (Å²) < 4.78 is 6.22. The Hall–Kier alpha value is -2.21. The first-order valence-electron chi connectivity index (χ1n) is 10.2. The van der Waals surface area contributed by atoms with Crippen LogP contribution >= 0.6 is 0 Å². The van der Waals surface area contributed by atoms with Crippen molar-refractivity contribution in [2.24, 2.45) is 11.3 Å². The summed E-state index contributed by atoms with van der Waals surface area (Å²) in [6.07, 6.45) is 5.03. The Morgan fingerprint density at radius 2 is 1.93 bits per heavy atom. The Labute approximate surface area is 166 Å². The highest BCUT2D eigenvalue weighted by Gasteiger charge is 2.30. The van der Waals surface area contributed by atoms with Crippen molar-refractivity contribution in [2.75, 3.05) is 6.54 Å². The van der Waals surface area contributed by atoms with Gasteiger partial charge in [0, 0.05) is 24.5 Å². The molecule has 0 aliphatic heterocycles. The maximum Gasteiger partial charge on any atom is 0.304 e. The SMILES string of the molecule is CC(C)(C)[C@H]1CC[C@H](Oc2ccc3cc(CNCCC(=O)O)nnc3c2)CC1. The van der Waals surface area contributed by atoms with Gasteiger partial charge in [0.1, 0.15) is 5.75 Å². The highest BCUT2D eigenvalue weighted by Crippen LogP contribution is 2.38. The Kier molecular flexibility index (Phi) is 6.50. The average Bonchev–Trinajstić information content (AvgIpc) is 2.65. The first-order valence-corrected chi connectivity index (χ1v) is 10.2. The molecule has 0 radical (unpaired) electrons.